The fourth-order valence-corrected chi connectivity index (χ4v) is 2.97. The zero-order valence-electron chi connectivity index (χ0n) is 14.2. The SMILES string of the molecule is CC(C)C(=O)Nc1cccc(CNC(=O)CCC2CCCC2)c1. The Morgan fingerprint density at radius 1 is 1.22 bits per heavy atom. The molecule has 23 heavy (non-hydrogen) atoms. The molecular formula is C19H28N2O2. The summed E-state index contributed by atoms with van der Waals surface area (Å²) in [5.74, 6) is 0.820. The predicted octanol–water partition coefficient (Wildman–Crippen LogP) is 3.87. The van der Waals surface area contributed by atoms with Gasteiger partial charge in [0.1, 0.15) is 0 Å². The summed E-state index contributed by atoms with van der Waals surface area (Å²) in [7, 11) is 0. The minimum atomic E-state index is -0.0473. The normalized spacial score (nSPS) is 14.9. The Balaban J connectivity index is 1.76. The van der Waals surface area contributed by atoms with Crippen LogP contribution in [0.15, 0.2) is 24.3 Å². The van der Waals surface area contributed by atoms with Crippen molar-refractivity contribution in [3.05, 3.63) is 29.8 Å². The van der Waals surface area contributed by atoms with Gasteiger partial charge in [0.05, 0.1) is 0 Å². The maximum atomic E-state index is 11.9. The average molecular weight is 316 g/mol. The van der Waals surface area contributed by atoms with Crippen LogP contribution >= 0.6 is 0 Å². The summed E-state index contributed by atoms with van der Waals surface area (Å²) >= 11 is 0. The fraction of sp³-hybridized carbons (Fsp3) is 0.579. The summed E-state index contributed by atoms with van der Waals surface area (Å²) in [6, 6.07) is 7.64. The first kappa shape index (κ1) is 17.5. The third kappa shape index (κ3) is 6.05. The van der Waals surface area contributed by atoms with Crippen LogP contribution in [0.2, 0.25) is 0 Å². The summed E-state index contributed by atoms with van der Waals surface area (Å²) in [6.07, 6.45) is 6.84. The monoisotopic (exact) mass is 316 g/mol. The zero-order valence-corrected chi connectivity index (χ0v) is 14.2. The average Bonchev–Trinajstić information content (AvgIpc) is 3.04. The lowest BCUT2D eigenvalue weighted by Crippen LogP contribution is -2.23. The Kier molecular flexibility index (Phi) is 6.63. The highest BCUT2D eigenvalue weighted by atomic mass is 16.2. The Bertz CT molecular complexity index is 534. The van der Waals surface area contributed by atoms with E-state index in [4.69, 9.17) is 0 Å². The van der Waals surface area contributed by atoms with E-state index in [-0.39, 0.29) is 17.7 Å². The zero-order chi connectivity index (χ0) is 16.7. The molecule has 126 valence electrons. The van der Waals surface area contributed by atoms with Crippen LogP contribution in [0.1, 0.15) is 57.9 Å². The Morgan fingerprint density at radius 2 is 1.96 bits per heavy atom. The first-order valence-corrected chi connectivity index (χ1v) is 8.71. The summed E-state index contributed by atoms with van der Waals surface area (Å²) in [5.41, 5.74) is 1.78. The molecule has 2 rings (SSSR count). The highest BCUT2D eigenvalue weighted by molar-refractivity contribution is 5.92. The number of benzene rings is 1. The molecule has 1 aromatic rings. The molecule has 0 radical (unpaired) electrons. The molecular weight excluding hydrogens is 288 g/mol. The van der Waals surface area contributed by atoms with Gasteiger partial charge in [-0.2, -0.15) is 0 Å². The van der Waals surface area contributed by atoms with Gasteiger partial charge in [0, 0.05) is 24.6 Å². The first-order valence-electron chi connectivity index (χ1n) is 8.71. The Morgan fingerprint density at radius 3 is 2.65 bits per heavy atom. The molecule has 2 N–H and O–H groups in total. The summed E-state index contributed by atoms with van der Waals surface area (Å²) in [4.78, 5) is 23.7. The van der Waals surface area contributed by atoms with E-state index in [9.17, 15) is 9.59 Å². The minimum absolute atomic E-state index is 0.00255. The van der Waals surface area contributed by atoms with E-state index in [1.54, 1.807) is 0 Å². The van der Waals surface area contributed by atoms with Crippen molar-refractivity contribution in [3.8, 4) is 0 Å². The second kappa shape index (κ2) is 8.70. The van der Waals surface area contributed by atoms with E-state index in [0.29, 0.717) is 13.0 Å². The lowest BCUT2D eigenvalue weighted by atomic mass is 10.0. The van der Waals surface area contributed by atoms with Crippen molar-refractivity contribution in [3.63, 3.8) is 0 Å². The molecule has 1 saturated carbocycles. The van der Waals surface area contributed by atoms with E-state index in [0.717, 1.165) is 23.6 Å². The number of hydrogen-bond acceptors (Lipinski definition) is 2. The smallest absolute Gasteiger partial charge is 0.226 e. The molecule has 0 spiro atoms. The molecule has 0 atom stereocenters. The van der Waals surface area contributed by atoms with Crippen molar-refractivity contribution in [2.24, 2.45) is 11.8 Å². The third-order valence-corrected chi connectivity index (χ3v) is 4.46. The molecule has 0 unspecified atom stereocenters. The molecule has 4 nitrogen and oxygen atoms in total. The van der Waals surface area contributed by atoms with Crippen LogP contribution in [0.4, 0.5) is 5.69 Å². The van der Waals surface area contributed by atoms with Gasteiger partial charge < -0.3 is 10.6 Å². The maximum absolute atomic E-state index is 11.9. The van der Waals surface area contributed by atoms with E-state index < -0.39 is 0 Å². The maximum Gasteiger partial charge on any atom is 0.226 e. The highest BCUT2D eigenvalue weighted by Crippen LogP contribution is 2.28. The molecule has 1 aromatic carbocycles. The second-order valence-electron chi connectivity index (χ2n) is 6.81. The van der Waals surface area contributed by atoms with Crippen molar-refractivity contribution in [2.45, 2.75) is 58.9 Å². The molecule has 4 heteroatoms. The molecule has 0 saturated heterocycles. The van der Waals surface area contributed by atoms with Crippen LogP contribution < -0.4 is 10.6 Å². The topological polar surface area (TPSA) is 58.2 Å². The predicted molar refractivity (Wildman–Crippen MR) is 92.9 cm³/mol. The Labute approximate surface area is 139 Å². The van der Waals surface area contributed by atoms with Gasteiger partial charge in [-0.05, 0) is 30.0 Å². The Hall–Kier alpha value is -1.84. The van der Waals surface area contributed by atoms with E-state index >= 15 is 0 Å². The number of nitrogens with one attached hydrogen (secondary N) is 2. The summed E-state index contributed by atoms with van der Waals surface area (Å²) < 4.78 is 0. The van der Waals surface area contributed by atoms with Crippen LogP contribution in [0, 0.1) is 11.8 Å². The summed E-state index contributed by atoms with van der Waals surface area (Å²) in [6.45, 7) is 4.24. The number of carbonyl (C=O) groups is 2. The van der Waals surface area contributed by atoms with Crippen molar-refractivity contribution in [2.75, 3.05) is 5.32 Å². The van der Waals surface area contributed by atoms with Gasteiger partial charge >= 0.3 is 0 Å². The molecule has 0 bridgehead atoms. The lowest BCUT2D eigenvalue weighted by Gasteiger charge is -2.11. The standard InChI is InChI=1S/C19H28N2O2/c1-14(2)19(23)21-17-9-5-8-16(12-17)13-20-18(22)11-10-15-6-3-4-7-15/h5,8-9,12,14-15H,3-4,6-7,10-11,13H2,1-2H3,(H,20,22)(H,21,23). The lowest BCUT2D eigenvalue weighted by molar-refractivity contribution is -0.121. The second-order valence-corrected chi connectivity index (χ2v) is 6.81. The number of carbonyl (C=O) groups excluding carboxylic acids is 2. The van der Waals surface area contributed by atoms with Gasteiger partial charge in [-0.3, -0.25) is 9.59 Å². The van der Waals surface area contributed by atoms with Crippen LogP contribution in [0.5, 0.6) is 0 Å². The van der Waals surface area contributed by atoms with Crippen molar-refractivity contribution in [1.82, 2.24) is 5.32 Å². The summed E-state index contributed by atoms with van der Waals surface area (Å²) in [5, 5.41) is 5.85. The van der Waals surface area contributed by atoms with Gasteiger partial charge in [0.2, 0.25) is 11.8 Å². The van der Waals surface area contributed by atoms with Crippen LogP contribution in [0.3, 0.4) is 0 Å². The van der Waals surface area contributed by atoms with Gasteiger partial charge in [-0.1, -0.05) is 51.7 Å². The molecule has 0 aliphatic heterocycles. The highest BCUT2D eigenvalue weighted by Gasteiger charge is 2.16. The van der Waals surface area contributed by atoms with E-state index in [1.807, 2.05) is 38.1 Å². The van der Waals surface area contributed by atoms with E-state index in [1.165, 1.54) is 25.7 Å². The largest absolute Gasteiger partial charge is 0.352 e. The number of amides is 2. The van der Waals surface area contributed by atoms with Crippen molar-refractivity contribution >= 4 is 17.5 Å². The minimum Gasteiger partial charge on any atom is -0.352 e. The quantitative estimate of drug-likeness (QED) is 0.802. The van der Waals surface area contributed by atoms with Crippen LogP contribution in [-0.2, 0) is 16.1 Å². The number of anilines is 1. The van der Waals surface area contributed by atoms with Gasteiger partial charge in [0.25, 0.3) is 0 Å². The van der Waals surface area contributed by atoms with Crippen LogP contribution in [-0.4, -0.2) is 11.8 Å². The van der Waals surface area contributed by atoms with E-state index in [2.05, 4.69) is 10.6 Å². The molecule has 1 aliphatic carbocycles. The van der Waals surface area contributed by atoms with Crippen molar-refractivity contribution in [1.29, 1.82) is 0 Å². The fourth-order valence-electron chi connectivity index (χ4n) is 2.97. The third-order valence-electron chi connectivity index (χ3n) is 4.46. The van der Waals surface area contributed by atoms with Gasteiger partial charge in [-0.25, -0.2) is 0 Å². The number of rotatable bonds is 7. The molecule has 1 aliphatic rings. The molecule has 0 aromatic heterocycles. The number of hydrogen-bond donors (Lipinski definition) is 2. The molecule has 1 fully saturated rings. The van der Waals surface area contributed by atoms with Gasteiger partial charge in [-0.15, -0.1) is 0 Å². The first-order chi connectivity index (χ1) is 11.0. The van der Waals surface area contributed by atoms with Crippen LogP contribution in [0.25, 0.3) is 0 Å². The molecule has 2 amide bonds. The molecule has 0 heterocycles. The van der Waals surface area contributed by atoms with Crippen molar-refractivity contribution < 1.29 is 9.59 Å². The van der Waals surface area contributed by atoms with Gasteiger partial charge in [0.15, 0.2) is 0 Å².